The van der Waals surface area contributed by atoms with Gasteiger partial charge in [-0.3, -0.25) is 37.3 Å². The number of unbranched alkanes of at least 4 members (excludes halogenated alkanes) is 49. The van der Waals surface area contributed by atoms with Crippen molar-refractivity contribution < 1.29 is 80.2 Å². The van der Waals surface area contributed by atoms with Gasteiger partial charge in [-0.05, 0) is 37.5 Å². The number of aliphatic hydroxyl groups excluding tert-OH is 1. The van der Waals surface area contributed by atoms with Crippen molar-refractivity contribution in [3.63, 3.8) is 0 Å². The van der Waals surface area contributed by atoms with Crippen LogP contribution in [-0.4, -0.2) is 96.7 Å². The third-order valence-electron chi connectivity index (χ3n) is 18.7. The molecule has 0 fully saturated rings. The number of aliphatic hydroxyl groups is 1. The zero-order valence-electron chi connectivity index (χ0n) is 64.8. The molecule has 0 saturated carbocycles. The Hall–Kier alpha value is -1.94. The Morgan fingerprint density at radius 1 is 0.273 bits per heavy atom. The third kappa shape index (κ3) is 74.1. The molecule has 0 amide bonds. The van der Waals surface area contributed by atoms with Gasteiger partial charge in [0.05, 0.1) is 26.4 Å². The Balaban J connectivity index is 5.11. The number of esters is 4. The highest BCUT2D eigenvalue weighted by Crippen LogP contribution is 2.45. The average Bonchev–Trinajstić information content (AvgIpc) is 1.90. The molecule has 0 heterocycles. The molecule has 19 heteroatoms. The summed E-state index contributed by atoms with van der Waals surface area (Å²) in [5.41, 5.74) is 0. The Kier molecular flexibility index (Phi) is 70.3. The number of carbonyl (C=O) groups excluding carboxylic acids is 4. The van der Waals surface area contributed by atoms with Crippen molar-refractivity contribution in [1.82, 2.24) is 0 Å². The maximum atomic E-state index is 13.1. The lowest BCUT2D eigenvalue weighted by Crippen LogP contribution is -2.30. The van der Waals surface area contributed by atoms with Gasteiger partial charge < -0.3 is 33.8 Å². The van der Waals surface area contributed by atoms with Crippen LogP contribution in [0.2, 0.25) is 0 Å². The number of phosphoric ester groups is 2. The zero-order chi connectivity index (χ0) is 72.8. The molecule has 0 saturated heterocycles. The lowest BCUT2D eigenvalue weighted by Gasteiger charge is -2.21. The molecule has 0 aliphatic rings. The van der Waals surface area contributed by atoms with Crippen LogP contribution in [0.5, 0.6) is 0 Å². The van der Waals surface area contributed by atoms with E-state index in [1.165, 1.54) is 231 Å². The summed E-state index contributed by atoms with van der Waals surface area (Å²) in [6.45, 7) is 9.56. The molecule has 0 aliphatic carbocycles. The van der Waals surface area contributed by atoms with E-state index in [0.29, 0.717) is 25.7 Å². The summed E-state index contributed by atoms with van der Waals surface area (Å²) >= 11 is 0. The molecule has 17 nitrogen and oxygen atoms in total. The van der Waals surface area contributed by atoms with Crippen molar-refractivity contribution in [2.45, 2.75) is 439 Å². The summed E-state index contributed by atoms with van der Waals surface area (Å²) < 4.78 is 68.4. The first-order chi connectivity index (χ1) is 47.9. The van der Waals surface area contributed by atoms with Gasteiger partial charge in [0.15, 0.2) is 12.2 Å². The van der Waals surface area contributed by atoms with Gasteiger partial charge in [0.2, 0.25) is 0 Å². The Morgan fingerprint density at radius 3 is 0.687 bits per heavy atom. The first-order valence-corrected chi connectivity index (χ1v) is 44.5. The third-order valence-corrected chi connectivity index (χ3v) is 20.6. The molecule has 5 atom stereocenters. The van der Waals surface area contributed by atoms with E-state index in [1.54, 1.807) is 0 Å². The van der Waals surface area contributed by atoms with E-state index < -0.39 is 97.5 Å². The largest absolute Gasteiger partial charge is 0.472 e. The van der Waals surface area contributed by atoms with Crippen LogP contribution in [0.25, 0.3) is 0 Å². The second kappa shape index (κ2) is 71.7. The molecule has 2 unspecified atom stereocenters. The smallest absolute Gasteiger partial charge is 0.462 e. The van der Waals surface area contributed by atoms with Crippen molar-refractivity contribution in [3.05, 3.63) is 0 Å². The van der Waals surface area contributed by atoms with E-state index in [2.05, 4.69) is 41.5 Å². The molecular weight excluding hydrogens is 1290 g/mol. The number of carbonyl (C=O) groups is 4. The molecule has 0 bridgehead atoms. The number of hydrogen-bond donors (Lipinski definition) is 3. The van der Waals surface area contributed by atoms with E-state index in [1.807, 2.05) is 0 Å². The number of phosphoric acid groups is 2. The molecular formula is C80H156O17P2. The normalized spacial score (nSPS) is 13.9. The van der Waals surface area contributed by atoms with Gasteiger partial charge in [0.25, 0.3) is 0 Å². The van der Waals surface area contributed by atoms with Crippen LogP contribution in [0.4, 0.5) is 0 Å². The van der Waals surface area contributed by atoms with E-state index in [9.17, 15) is 43.2 Å². The topological polar surface area (TPSA) is 237 Å². The molecule has 99 heavy (non-hydrogen) atoms. The maximum absolute atomic E-state index is 13.1. The second-order valence-electron chi connectivity index (χ2n) is 29.8. The van der Waals surface area contributed by atoms with Crippen LogP contribution in [0.3, 0.4) is 0 Å². The van der Waals surface area contributed by atoms with Crippen molar-refractivity contribution in [3.8, 4) is 0 Å². The van der Waals surface area contributed by atoms with Crippen molar-refractivity contribution in [1.29, 1.82) is 0 Å². The van der Waals surface area contributed by atoms with Gasteiger partial charge in [-0.2, -0.15) is 0 Å². The summed E-state index contributed by atoms with van der Waals surface area (Å²) in [7, 11) is -9.91. The van der Waals surface area contributed by atoms with Gasteiger partial charge in [0.1, 0.15) is 19.3 Å². The Labute approximate surface area is 607 Å². The fourth-order valence-electron chi connectivity index (χ4n) is 12.4. The van der Waals surface area contributed by atoms with Crippen molar-refractivity contribution in [2.24, 2.45) is 11.8 Å². The molecule has 3 N–H and O–H groups in total. The summed E-state index contributed by atoms with van der Waals surface area (Å²) in [6.07, 6.45) is 61.6. The SMILES string of the molecule is CCCCCCCCCCCCCCCCCCCCCCCCC(=O)O[C@H](COC(=O)CCCCCCCCCCCCCCCCC(C)C)COP(=O)(O)OC[C@@H](O)COP(=O)(O)OC[C@@H](COC(=O)CCCCCCC)OC(=O)CCCCCCCCCCCCCCC(C)C. The molecule has 0 aromatic rings. The van der Waals surface area contributed by atoms with Gasteiger partial charge in [0, 0.05) is 25.7 Å². The predicted molar refractivity (Wildman–Crippen MR) is 405 cm³/mol. The Morgan fingerprint density at radius 2 is 0.465 bits per heavy atom. The minimum absolute atomic E-state index is 0.106. The summed E-state index contributed by atoms with van der Waals surface area (Å²) in [6, 6.07) is 0. The number of rotatable bonds is 79. The molecule has 0 aromatic heterocycles. The van der Waals surface area contributed by atoms with Crippen LogP contribution in [0.15, 0.2) is 0 Å². The van der Waals surface area contributed by atoms with E-state index in [0.717, 1.165) is 108 Å². The van der Waals surface area contributed by atoms with E-state index in [4.69, 9.17) is 37.0 Å². The fourth-order valence-corrected chi connectivity index (χ4v) is 13.9. The highest BCUT2D eigenvalue weighted by molar-refractivity contribution is 7.47. The molecule has 0 aromatic carbocycles. The van der Waals surface area contributed by atoms with E-state index in [-0.39, 0.29) is 25.7 Å². The van der Waals surface area contributed by atoms with Gasteiger partial charge in [-0.1, -0.05) is 369 Å². The molecule has 0 aliphatic heterocycles. The molecule has 0 radical (unpaired) electrons. The van der Waals surface area contributed by atoms with Gasteiger partial charge >= 0.3 is 39.5 Å². The first-order valence-electron chi connectivity index (χ1n) is 41.5. The molecule has 0 rings (SSSR count). The number of ether oxygens (including phenoxy) is 4. The quantitative estimate of drug-likeness (QED) is 0.0222. The maximum Gasteiger partial charge on any atom is 0.472 e. The standard InChI is InChI=1S/C80H156O17P2/c1-7-9-11-13-14-15-16-17-18-19-20-21-22-23-24-25-30-36-41-46-52-58-65-80(85)97-76(69-91-78(83)63-57-51-45-40-35-29-27-26-28-33-38-43-49-54-60-72(3)4)71-95-99(88,89)93-67-74(81)66-92-98(86,87)94-70-75(68-90-77(82)62-56-48-12-10-8-2)96-79(84)64-59-53-47-42-37-32-31-34-39-44-50-55-61-73(5)6/h72-76,81H,7-71H2,1-6H3,(H,86,87)(H,88,89)/t74-,75+,76+/m0/s1. The average molecular weight is 1450 g/mol. The zero-order valence-corrected chi connectivity index (χ0v) is 66.6. The monoisotopic (exact) mass is 1450 g/mol. The summed E-state index contributed by atoms with van der Waals surface area (Å²) in [5.74, 6) is -0.547. The van der Waals surface area contributed by atoms with Crippen LogP contribution in [0, 0.1) is 11.8 Å². The van der Waals surface area contributed by atoms with Crippen LogP contribution in [0.1, 0.15) is 420 Å². The summed E-state index contributed by atoms with van der Waals surface area (Å²) in [4.78, 5) is 72.7. The van der Waals surface area contributed by atoms with Crippen LogP contribution >= 0.6 is 15.6 Å². The fraction of sp³-hybridized carbons (Fsp3) is 0.950. The lowest BCUT2D eigenvalue weighted by molar-refractivity contribution is -0.161. The molecule has 588 valence electrons. The lowest BCUT2D eigenvalue weighted by atomic mass is 10.0. The van der Waals surface area contributed by atoms with E-state index >= 15 is 0 Å². The van der Waals surface area contributed by atoms with Crippen molar-refractivity contribution in [2.75, 3.05) is 39.6 Å². The van der Waals surface area contributed by atoms with Gasteiger partial charge in [-0.25, -0.2) is 9.13 Å². The van der Waals surface area contributed by atoms with Gasteiger partial charge in [-0.15, -0.1) is 0 Å². The van der Waals surface area contributed by atoms with Crippen LogP contribution < -0.4 is 0 Å². The second-order valence-corrected chi connectivity index (χ2v) is 32.7. The Bertz CT molecular complexity index is 1910. The van der Waals surface area contributed by atoms with Crippen molar-refractivity contribution >= 4 is 39.5 Å². The number of hydrogen-bond acceptors (Lipinski definition) is 15. The summed E-state index contributed by atoms with van der Waals surface area (Å²) in [5, 5.41) is 10.6. The van der Waals surface area contributed by atoms with Crippen LogP contribution in [-0.2, 0) is 65.4 Å². The minimum atomic E-state index is -4.96. The highest BCUT2D eigenvalue weighted by Gasteiger charge is 2.30. The first kappa shape index (κ1) is 97.1. The minimum Gasteiger partial charge on any atom is -0.462 e. The highest BCUT2D eigenvalue weighted by atomic mass is 31.2. The predicted octanol–water partition coefficient (Wildman–Crippen LogP) is 23.9. The molecule has 0 spiro atoms.